The molecular formula is C11H18O3. The highest BCUT2D eigenvalue weighted by molar-refractivity contribution is 5.81. The minimum atomic E-state index is -0.320. The van der Waals surface area contributed by atoms with Crippen molar-refractivity contribution < 1.29 is 14.3 Å². The molecule has 1 aliphatic heterocycles. The number of ether oxygens (including phenoxy) is 2. The van der Waals surface area contributed by atoms with Gasteiger partial charge >= 0.3 is 5.97 Å². The minimum absolute atomic E-state index is 0.0549. The zero-order valence-corrected chi connectivity index (χ0v) is 8.86. The monoisotopic (exact) mass is 198 g/mol. The first-order valence-corrected chi connectivity index (χ1v) is 5.28. The molecule has 0 aromatic carbocycles. The molecule has 0 aromatic heterocycles. The van der Waals surface area contributed by atoms with Gasteiger partial charge in [-0.3, -0.25) is 0 Å². The second-order valence-electron chi connectivity index (χ2n) is 3.29. The lowest BCUT2D eigenvalue weighted by molar-refractivity contribution is -0.144. The van der Waals surface area contributed by atoms with Gasteiger partial charge in [-0.05, 0) is 12.8 Å². The number of epoxide rings is 1. The Morgan fingerprint density at radius 3 is 2.71 bits per heavy atom. The Balaban J connectivity index is 0.000000461. The zero-order chi connectivity index (χ0) is 10.6. The maximum Gasteiger partial charge on any atom is 0.330 e. The Morgan fingerprint density at radius 2 is 2.14 bits per heavy atom. The summed E-state index contributed by atoms with van der Waals surface area (Å²) >= 11 is 0. The Morgan fingerprint density at radius 1 is 1.43 bits per heavy atom. The normalized spacial score (nSPS) is 33.1. The van der Waals surface area contributed by atoms with Crippen molar-refractivity contribution in [1.29, 1.82) is 0 Å². The summed E-state index contributed by atoms with van der Waals surface area (Å²) in [6, 6.07) is 0. The Kier molecular flexibility index (Phi) is 4.14. The van der Waals surface area contributed by atoms with E-state index in [-0.39, 0.29) is 12.1 Å². The molecule has 1 aliphatic carbocycles. The number of rotatable bonds is 2. The van der Waals surface area contributed by atoms with E-state index in [0.29, 0.717) is 12.2 Å². The van der Waals surface area contributed by atoms with Crippen LogP contribution in [0.15, 0.2) is 12.7 Å². The molecule has 2 rings (SSSR count). The summed E-state index contributed by atoms with van der Waals surface area (Å²) in [5, 5.41) is 0. The van der Waals surface area contributed by atoms with Crippen LogP contribution in [0.25, 0.3) is 0 Å². The standard InChI is InChI=1S/C9H12O3.C2H6/c1-2-9(10)11-6-3-4-7-8(5-6)12-7;1-2/h2,6-8H,1,3-5H2;1-2H3. The lowest BCUT2D eigenvalue weighted by Gasteiger charge is -2.18. The van der Waals surface area contributed by atoms with Crippen molar-refractivity contribution in [2.24, 2.45) is 0 Å². The second kappa shape index (κ2) is 5.15. The van der Waals surface area contributed by atoms with Crippen molar-refractivity contribution in [3.63, 3.8) is 0 Å². The van der Waals surface area contributed by atoms with Crippen molar-refractivity contribution in [2.75, 3.05) is 0 Å². The highest BCUT2D eigenvalue weighted by Gasteiger charge is 2.44. The molecule has 0 bridgehead atoms. The maximum atomic E-state index is 10.8. The van der Waals surface area contributed by atoms with Crippen LogP contribution in [0.1, 0.15) is 33.1 Å². The van der Waals surface area contributed by atoms with Crippen molar-refractivity contribution in [1.82, 2.24) is 0 Å². The predicted octanol–water partition coefficient (Wildman–Crippen LogP) is 2.06. The van der Waals surface area contributed by atoms with Crippen LogP contribution in [0.3, 0.4) is 0 Å². The summed E-state index contributed by atoms with van der Waals surface area (Å²) in [6.45, 7) is 7.35. The van der Waals surface area contributed by atoms with E-state index < -0.39 is 0 Å². The van der Waals surface area contributed by atoms with Gasteiger partial charge in [-0.25, -0.2) is 4.79 Å². The van der Waals surface area contributed by atoms with Gasteiger partial charge in [0.05, 0.1) is 12.2 Å². The third kappa shape index (κ3) is 2.84. The molecule has 3 nitrogen and oxygen atoms in total. The topological polar surface area (TPSA) is 38.8 Å². The molecule has 0 amide bonds. The summed E-state index contributed by atoms with van der Waals surface area (Å²) in [4.78, 5) is 10.8. The van der Waals surface area contributed by atoms with Gasteiger partial charge in [-0.2, -0.15) is 0 Å². The highest BCUT2D eigenvalue weighted by Crippen LogP contribution is 2.37. The van der Waals surface area contributed by atoms with Gasteiger partial charge in [0.1, 0.15) is 6.10 Å². The third-order valence-electron chi connectivity index (χ3n) is 2.41. The fourth-order valence-corrected chi connectivity index (χ4v) is 1.69. The van der Waals surface area contributed by atoms with Gasteiger partial charge in [0, 0.05) is 12.5 Å². The molecule has 0 N–H and O–H groups in total. The molecule has 2 fully saturated rings. The number of hydrogen-bond acceptors (Lipinski definition) is 3. The first-order chi connectivity index (χ1) is 6.79. The molecule has 0 radical (unpaired) electrons. The van der Waals surface area contributed by atoms with E-state index >= 15 is 0 Å². The average molecular weight is 198 g/mol. The number of carbonyl (C=O) groups is 1. The molecule has 1 heterocycles. The van der Waals surface area contributed by atoms with Gasteiger partial charge in [-0.15, -0.1) is 0 Å². The molecule has 0 aromatic rings. The molecule has 3 atom stereocenters. The summed E-state index contributed by atoms with van der Waals surface area (Å²) in [6.07, 6.45) is 4.91. The van der Waals surface area contributed by atoms with Gasteiger partial charge < -0.3 is 9.47 Å². The third-order valence-corrected chi connectivity index (χ3v) is 2.41. The van der Waals surface area contributed by atoms with Crippen molar-refractivity contribution in [3.8, 4) is 0 Å². The SMILES string of the molecule is C=CC(=O)OC1CCC2OC2C1.CC. The summed E-state index contributed by atoms with van der Waals surface area (Å²) in [5.74, 6) is -0.320. The van der Waals surface area contributed by atoms with E-state index in [1.165, 1.54) is 6.08 Å². The fourth-order valence-electron chi connectivity index (χ4n) is 1.69. The summed E-state index contributed by atoms with van der Waals surface area (Å²) < 4.78 is 10.4. The van der Waals surface area contributed by atoms with Crippen molar-refractivity contribution in [2.45, 2.75) is 51.4 Å². The molecule has 3 heteroatoms. The summed E-state index contributed by atoms with van der Waals surface area (Å²) in [5.41, 5.74) is 0. The molecule has 1 saturated heterocycles. The molecule has 0 spiro atoms. The maximum absolute atomic E-state index is 10.8. The van der Waals surface area contributed by atoms with Crippen molar-refractivity contribution >= 4 is 5.97 Å². The lowest BCUT2D eigenvalue weighted by Crippen LogP contribution is -2.23. The van der Waals surface area contributed by atoms with Gasteiger partial charge in [0.25, 0.3) is 0 Å². The van der Waals surface area contributed by atoms with E-state index in [1.54, 1.807) is 0 Å². The number of fused-ring (bicyclic) bond motifs is 1. The fraction of sp³-hybridized carbons (Fsp3) is 0.727. The quantitative estimate of drug-likeness (QED) is 0.387. The van der Waals surface area contributed by atoms with Crippen LogP contribution >= 0.6 is 0 Å². The van der Waals surface area contributed by atoms with Gasteiger partial charge in [0.2, 0.25) is 0 Å². The van der Waals surface area contributed by atoms with E-state index in [0.717, 1.165) is 19.3 Å². The molecule has 3 unspecified atom stereocenters. The van der Waals surface area contributed by atoms with Gasteiger partial charge in [0.15, 0.2) is 0 Å². The van der Waals surface area contributed by atoms with Crippen LogP contribution in [-0.2, 0) is 14.3 Å². The molecule has 2 aliphatic rings. The van der Waals surface area contributed by atoms with E-state index in [9.17, 15) is 4.79 Å². The molecular weight excluding hydrogens is 180 g/mol. The molecule has 80 valence electrons. The lowest BCUT2D eigenvalue weighted by atomic mass is 9.98. The number of carbonyl (C=O) groups excluding carboxylic acids is 1. The van der Waals surface area contributed by atoms with Crippen LogP contribution in [0.2, 0.25) is 0 Å². The predicted molar refractivity (Wildman–Crippen MR) is 53.9 cm³/mol. The van der Waals surface area contributed by atoms with Crippen LogP contribution in [-0.4, -0.2) is 24.3 Å². The molecule has 1 saturated carbocycles. The van der Waals surface area contributed by atoms with Crippen LogP contribution in [0.5, 0.6) is 0 Å². The first-order valence-electron chi connectivity index (χ1n) is 5.28. The number of esters is 1. The summed E-state index contributed by atoms with van der Waals surface area (Å²) in [7, 11) is 0. The van der Waals surface area contributed by atoms with E-state index in [4.69, 9.17) is 9.47 Å². The Labute approximate surface area is 85.1 Å². The van der Waals surface area contributed by atoms with Crippen molar-refractivity contribution in [3.05, 3.63) is 12.7 Å². The zero-order valence-electron chi connectivity index (χ0n) is 8.86. The van der Waals surface area contributed by atoms with E-state index in [1.807, 2.05) is 13.8 Å². The Bertz CT molecular complexity index is 213. The number of hydrogen-bond donors (Lipinski definition) is 0. The highest BCUT2D eigenvalue weighted by atomic mass is 16.6. The van der Waals surface area contributed by atoms with Gasteiger partial charge in [-0.1, -0.05) is 20.4 Å². The second-order valence-corrected chi connectivity index (χ2v) is 3.29. The Hall–Kier alpha value is -0.830. The average Bonchev–Trinajstić information content (AvgIpc) is 2.99. The first kappa shape index (κ1) is 11.2. The molecule has 14 heavy (non-hydrogen) atoms. The van der Waals surface area contributed by atoms with E-state index in [2.05, 4.69) is 6.58 Å². The smallest absolute Gasteiger partial charge is 0.330 e. The van der Waals surface area contributed by atoms with Crippen LogP contribution < -0.4 is 0 Å². The van der Waals surface area contributed by atoms with Crippen LogP contribution in [0, 0.1) is 0 Å². The largest absolute Gasteiger partial charge is 0.459 e. The minimum Gasteiger partial charge on any atom is -0.459 e. The van der Waals surface area contributed by atoms with Crippen LogP contribution in [0.4, 0.5) is 0 Å².